The number of methoxy groups -OCH3 is 7. The minimum atomic E-state index is 0.355. The Morgan fingerprint density at radius 3 is 1.64 bits per heavy atom. The molecule has 1 aliphatic heterocycles. The van der Waals surface area contributed by atoms with E-state index in [2.05, 4.69) is 57.2 Å². The first kappa shape index (κ1) is 37.2. The van der Waals surface area contributed by atoms with Crippen molar-refractivity contribution in [3.63, 3.8) is 0 Å². The van der Waals surface area contributed by atoms with Crippen molar-refractivity contribution in [1.82, 2.24) is 9.88 Å². The largest absolute Gasteiger partial charge is 0.497 e. The zero-order chi connectivity index (χ0) is 37.3. The van der Waals surface area contributed by atoms with Gasteiger partial charge in [0.1, 0.15) is 5.75 Å². The van der Waals surface area contributed by atoms with Gasteiger partial charge in [0.2, 0.25) is 11.5 Å². The maximum atomic E-state index is 5.64. The van der Waals surface area contributed by atoms with Crippen molar-refractivity contribution in [2.75, 3.05) is 67.8 Å². The number of hydrogen-bond acceptors (Lipinski definition) is 10. The molecule has 0 spiro atoms. The van der Waals surface area contributed by atoms with Crippen molar-refractivity contribution >= 4 is 5.69 Å². The molecule has 0 aliphatic carbocycles. The second-order valence-corrected chi connectivity index (χ2v) is 12.9. The van der Waals surface area contributed by atoms with Crippen LogP contribution >= 0.6 is 0 Å². The maximum absolute atomic E-state index is 5.64. The molecular formula is C43H49N3O7. The molecule has 0 radical (unpaired) electrons. The van der Waals surface area contributed by atoms with E-state index in [9.17, 15) is 0 Å². The normalized spacial score (nSPS) is 13.3. The monoisotopic (exact) mass is 719 g/mol. The van der Waals surface area contributed by atoms with Crippen LogP contribution in [0.3, 0.4) is 0 Å². The van der Waals surface area contributed by atoms with Crippen LogP contribution in [0.1, 0.15) is 24.0 Å². The summed E-state index contributed by atoms with van der Waals surface area (Å²) in [6.45, 7) is 3.52. The summed E-state index contributed by atoms with van der Waals surface area (Å²) in [6.07, 6.45) is 5.88. The van der Waals surface area contributed by atoms with Crippen LogP contribution in [0.5, 0.6) is 40.2 Å². The van der Waals surface area contributed by atoms with Crippen LogP contribution in [0.4, 0.5) is 5.69 Å². The first-order chi connectivity index (χ1) is 25.9. The molecular weight excluding hydrogens is 670 g/mol. The lowest BCUT2D eigenvalue weighted by Crippen LogP contribution is -2.44. The van der Waals surface area contributed by atoms with Crippen molar-refractivity contribution in [2.45, 2.75) is 32.0 Å². The summed E-state index contributed by atoms with van der Waals surface area (Å²) in [6, 6.07) is 27.5. The Hall–Kier alpha value is -5.61. The van der Waals surface area contributed by atoms with E-state index >= 15 is 0 Å². The predicted octanol–water partition coefficient (Wildman–Crippen LogP) is 8.15. The molecule has 0 unspecified atom stereocenters. The molecule has 4 aromatic carbocycles. The minimum absolute atomic E-state index is 0.355. The molecule has 5 aromatic rings. The first-order valence-electron chi connectivity index (χ1n) is 17.7. The highest BCUT2D eigenvalue weighted by molar-refractivity contribution is 5.72. The van der Waals surface area contributed by atoms with Gasteiger partial charge in [-0.1, -0.05) is 18.2 Å². The molecule has 2 heterocycles. The second kappa shape index (κ2) is 17.3. The molecule has 1 aliphatic rings. The van der Waals surface area contributed by atoms with Crippen LogP contribution < -0.4 is 38.1 Å². The van der Waals surface area contributed by atoms with Crippen molar-refractivity contribution in [2.24, 2.45) is 0 Å². The highest BCUT2D eigenvalue weighted by atomic mass is 16.5. The molecule has 0 atom stereocenters. The molecule has 6 rings (SSSR count). The fourth-order valence-corrected chi connectivity index (χ4v) is 7.13. The summed E-state index contributed by atoms with van der Waals surface area (Å²) >= 11 is 0. The summed E-state index contributed by atoms with van der Waals surface area (Å²) < 4.78 is 39.1. The Morgan fingerprint density at radius 2 is 1.11 bits per heavy atom. The molecule has 53 heavy (non-hydrogen) atoms. The van der Waals surface area contributed by atoms with Gasteiger partial charge in [0.15, 0.2) is 23.0 Å². The van der Waals surface area contributed by atoms with E-state index < -0.39 is 0 Å². The van der Waals surface area contributed by atoms with Gasteiger partial charge in [-0.2, -0.15) is 0 Å². The van der Waals surface area contributed by atoms with Crippen molar-refractivity contribution in [3.05, 3.63) is 102 Å². The summed E-state index contributed by atoms with van der Waals surface area (Å²) in [4.78, 5) is 9.66. The van der Waals surface area contributed by atoms with Crippen molar-refractivity contribution in [3.8, 4) is 62.5 Å². The third-order valence-electron chi connectivity index (χ3n) is 9.88. The number of hydrogen-bond donors (Lipinski definition) is 0. The lowest BCUT2D eigenvalue weighted by atomic mass is 9.98. The summed E-state index contributed by atoms with van der Waals surface area (Å²) in [5, 5.41) is 0. The molecule has 0 saturated carbocycles. The molecule has 0 N–H and O–H groups in total. The molecule has 278 valence electrons. The number of pyridine rings is 1. The number of benzene rings is 4. The topological polar surface area (TPSA) is 84.0 Å². The van der Waals surface area contributed by atoms with E-state index in [0.717, 1.165) is 72.6 Å². The van der Waals surface area contributed by atoms with Crippen LogP contribution in [0.25, 0.3) is 22.3 Å². The summed E-state index contributed by atoms with van der Waals surface area (Å²) in [5.74, 6) is 4.47. The number of likely N-dealkylation sites (tertiary alicyclic amines) is 1. The maximum Gasteiger partial charge on any atom is 0.203 e. The molecule has 1 fully saturated rings. The van der Waals surface area contributed by atoms with Crippen molar-refractivity contribution in [1.29, 1.82) is 0 Å². The van der Waals surface area contributed by atoms with Gasteiger partial charge < -0.3 is 38.1 Å². The number of nitrogens with zero attached hydrogens (tertiary/aromatic N) is 3. The smallest absolute Gasteiger partial charge is 0.203 e. The van der Waals surface area contributed by atoms with Crippen LogP contribution in [0.15, 0.2) is 91.3 Å². The lowest BCUT2D eigenvalue weighted by molar-refractivity contribution is 0.200. The zero-order valence-corrected chi connectivity index (χ0v) is 31.7. The number of aromatic nitrogens is 1. The van der Waals surface area contributed by atoms with E-state index in [1.165, 1.54) is 11.3 Å². The Kier molecular flexibility index (Phi) is 12.1. The van der Waals surface area contributed by atoms with Gasteiger partial charge in [-0.15, -0.1) is 0 Å². The van der Waals surface area contributed by atoms with E-state index in [1.807, 2.05) is 48.8 Å². The van der Waals surface area contributed by atoms with Gasteiger partial charge in [-0.25, -0.2) is 0 Å². The molecule has 0 bridgehead atoms. The molecule has 10 nitrogen and oxygen atoms in total. The van der Waals surface area contributed by atoms with Gasteiger partial charge in [-0.3, -0.25) is 9.88 Å². The molecule has 1 aromatic heterocycles. The number of anilines is 1. The fraction of sp³-hybridized carbons (Fsp3) is 0.326. The fourth-order valence-electron chi connectivity index (χ4n) is 7.13. The number of rotatable bonds is 15. The van der Waals surface area contributed by atoms with Gasteiger partial charge in [0, 0.05) is 55.9 Å². The number of piperidine rings is 1. The Labute approximate surface area is 312 Å². The number of ether oxygens (including phenoxy) is 7. The SMILES string of the molecule is COc1ccc(N(Cc2cccc(-c3cc(OC)c(OC)c(OC)c3)c2)C2CCN(Cc3cncc(-c4cc(OC)c(OC)c(OC)c4)c3)CC2)cc1. The molecule has 0 amide bonds. The Bertz CT molecular complexity index is 1930. The first-order valence-corrected chi connectivity index (χ1v) is 17.7. The van der Waals surface area contributed by atoms with Crippen molar-refractivity contribution < 1.29 is 33.2 Å². The van der Waals surface area contributed by atoms with Crippen LogP contribution in [-0.4, -0.2) is 78.8 Å². The summed E-state index contributed by atoms with van der Waals surface area (Å²) in [7, 11) is 11.5. The third-order valence-corrected chi connectivity index (χ3v) is 9.88. The van der Waals surface area contributed by atoms with Gasteiger partial charge in [0.25, 0.3) is 0 Å². The van der Waals surface area contributed by atoms with Gasteiger partial charge in [0.05, 0.1) is 49.8 Å². The van der Waals surface area contributed by atoms with Crippen LogP contribution in [0.2, 0.25) is 0 Å². The second-order valence-electron chi connectivity index (χ2n) is 12.9. The average Bonchev–Trinajstić information content (AvgIpc) is 3.22. The highest BCUT2D eigenvalue weighted by Gasteiger charge is 2.26. The molecule has 10 heteroatoms. The predicted molar refractivity (Wildman–Crippen MR) is 208 cm³/mol. The minimum Gasteiger partial charge on any atom is -0.497 e. The zero-order valence-electron chi connectivity index (χ0n) is 31.7. The molecule has 1 saturated heterocycles. The third kappa shape index (κ3) is 8.39. The van der Waals surface area contributed by atoms with E-state index in [0.29, 0.717) is 40.5 Å². The quantitative estimate of drug-likeness (QED) is 0.106. The van der Waals surface area contributed by atoms with E-state index in [1.54, 1.807) is 49.8 Å². The Morgan fingerprint density at radius 1 is 0.566 bits per heavy atom. The van der Waals surface area contributed by atoms with Gasteiger partial charge >= 0.3 is 0 Å². The Balaban J connectivity index is 1.20. The van der Waals surface area contributed by atoms with Crippen LogP contribution in [0, 0.1) is 0 Å². The lowest BCUT2D eigenvalue weighted by Gasteiger charge is -2.40. The van der Waals surface area contributed by atoms with Gasteiger partial charge in [-0.05, 0) is 101 Å². The highest BCUT2D eigenvalue weighted by Crippen LogP contribution is 2.43. The van der Waals surface area contributed by atoms with E-state index in [-0.39, 0.29) is 0 Å². The standard InChI is InChI=1S/C43H49N3O7/c1-47-37-13-11-35(12-14-37)46(28-29-9-8-10-31(19-29)32-21-38(48-2)42(52-6)39(22-32)49-3)36-15-17-45(18-16-36)27-30-20-34(26-44-25-30)33-23-40(50-4)43(53-7)41(24-33)51-5/h8-14,19-26,36H,15-18,27-28H2,1-7H3. The summed E-state index contributed by atoms with van der Waals surface area (Å²) in [5.41, 5.74) is 7.57. The average molecular weight is 720 g/mol. The van der Waals surface area contributed by atoms with E-state index in [4.69, 9.17) is 33.2 Å². The van der Waals surface area contributed by atoms with Crippen LogP contribution in [-0.2, 0) is 13.1 Å².